The summed E-state index contributed by atoms with van der Waals surface area (Å²) in [6.45, 7) is 2.20. The highest BCUT2D eigenvalue weighted by atomic mass is 16.5. The number of hydrazone groups is 1. The molecule has 0 unspecified atom stereocenters. The fraction of sp³-hybridized carbons (Fsp3) is 0.409. The number of rotatable bonds is 2. The minimum Gasteiger partial charge on any atom is -0.496 e. The van der Waals surface area contributed by atoms with Crippen LogP contribution in [0.4, 0.5) is 0 Å². The van der Waals surface area contributed by atoms with Crippen molar-refractivity contribution in [3.05, 3.63) is 59.7 Å². The number of fused-ring (bicyclic) bond motifs is 4. The summed E-state index contributed by atoms with van der Waals surface area (Å²) in [6, 6.07) is 16.9. The number of hydrogen-bond acceptors (Lipinski definition) is 4. The second-order valence-electron chi connectivity index (χ2n) is 7.85. The van der Waals surface area contributed by atoms with Crippen LogP contribution in [-0.4, -0.2) is 43.7 Å². The molecule has 5 heteroatoms. The van der Waals surface area contributed by atoms with Gasteiger partial charge >= 0.3 is 0 Å². The van der Waals surface area contributed by atoms with Gasteiger partial charge in [0.25, 0.3) is 0 Å². The van der Waals surface area contributed by atoms with Gasteiger partial charge in [-0.15, -0.1) is 0 Å². The molecule has 27 heavy (non-hydrogen) atoms. The Balaban J connectivity index is 1.59. The van der Waals surface area contributed by atoms with Gasteiger partial charge < -0.3 is 14.4 Å². The van der Waals surface area contributed by atoms with Gasteiger partial charge in [-0.2, -0.15) is 5.10 Å². The SMILES string of the molecule is COc1ccccc1C1=NN2[C@@H](C1)c1ccccc1OC21CC[NH+](C)CC1. The van der Waals surface area contributed by atoms with E-state index in [1.54, 1.807) is 12.0 Å². The number of methoxy groups -OCH3 is 1. The Hall–Kier alpha value is -2.53. The lowest BCUT2D eigenvalue weighted by atomic mass is 9.91. The lowest BCUT2D eigenvalue weighted by Crippen LogP contribution is -3.11. The van der Waals surface area contributed by atoms with Crippen molar-refractivity contribution in [1.29, 1.82) is 0 Å². The van der Waals surface area contributed by atoms with Crippen molar-refractivity contribution >= 4 is 5.71 Å². The molecule has 0 aromatic heterocycles. The zero-order chi connectivity index (χ0) is 18.4. The van der Waals surface area contributed by atoms with Gasteiger partial charge in [-0.05, 0) is 18.2 Å². The van der Waals surface area contributed by atoms with E-state index in [1.165, 1.54) is 5.56 Å². The van der Waals surface area contributed by atoms with Crippen molar-refractivity contribution in [2.24, 2.45) is 5.10 Å². The van der Waals surface area contributed by atoms with Gasteiger partial charge in [0.2, 0.25) is 5.72 Å². The standard InChI is InChI=1S/C22H25N3O2/c1-24-13-11-22(12-14-24)25-19(17-8-4-6-10-21(17)27-22)15-18(23-25)16-7-3-5-9-20(16)26-2/h3-10,19H,11-15H2,1-2H3/p+1/t19-/m0/s1. The molecule has 5 nitrogen and oxygen atoms in total. The van der Waals surface area contributed by atoms with Gasteiger partial charge in [0.05, 0.1) is 51.8 Å². The average Bonchev–Trinajstić information content (AvgIpc) is 3.17. The summed E-state index contributed by atoms with van der Waals surface area (Å²) >= 11 is 0. The molecule has 0 radical (unpaired) electrons. The summed E-state index contributed by atoms with van der Waals surface area (Å²) in [7, 11) is 3.98. The summed E-state index contributed by atoms with van der Waals surface area (Å²) in [5, 5.41) is 7.39. The first-order valence-electron chi connectivity index (χ1n) is 9.80. The Morgan fingerprint density at radius 2 is 1.85 bits per heavy atom. The molecule has 3 aliphatic heterocycles. The number of quaternary nitrogens is 1. The van der Waals surface area contributed by atoms with Crippen molar-refractivity contribution in [2.75, 3.05) is 27.2 Å². The second-order valence-corrected chi connectivity index (χ2v) is 7.85. The van der Waals surface area contributed by atoms with E-state index >= 15 is 0 Å². The van der Waals surface area contributed by atoms with Crippen molar-refractivity contribution in [2.45, 2.75) is 31.0 Å². The van der Waals surface area contributed by atoms with E-state index in [1.807, 2.05) is 12.1 Å². The minimum absolute atomic E-state index is 0.230. The minimum atomic E-state index is -0.331. The molecule has 1 saturated heterocycles. The summed E-state index contributed by atoms with van der Waals surface area (Å²) < 4.78 is 12.2. The van der Waals surface area contributed by atoms with E-state index in [4.69, 9.17) is 14.6 Å². The fourth-order valence-corrected chi connectivity index (χ4v) is 4.67. The van der Waals surface area contributed by atoms with Gasteiger partial charge in [0.15, 0.2) is 0 Å². The predicted molar refractivity (Wildman–Crippen MR) is 104 cm³/mol. The van der Waals surface area contributed by atoms with Crippen molar-refractivity contribution in [1.82, 2.24) is 5.01 Å². The zero-order valence-electron chi connectivity index (χ0n) is 15.9. The van der Waals surface area contributed by atoms with Crippen LogP contribution in [0.1, 0.15) is 36.4 Å². The van der Waals surface area contributed by atoms with Crippen LogP contribution in [0.2, 0.25) is 0 Å². The van der Waals surface area contributed by atoms with Gasteiger partial charge in [-0.3, -0.25) is 0 Å². The Morgan fingerprint density at radius 3 is 2.67 bits per heavy atom. The monoisotopic (exact) mass is 364 g/mol. The molecular weight excluding hydrogens is 338 g/mol. The molecule has 3 aliphatic rings. The molecule has 0 bridgehead atoms. The highest BCUT2D eigenvalue weighted by Gasteiger charge is 2.52. The van der Waals surface area contributed by atoms with Crippen molar-refractivity contribution < 1.29 is 14.4 Å². The molecule has 1 fully saturated rings. The third-order valence-electron chi connectivity index (χ3n) is 6.21. The van der Waals surface area contributed by atoms with E-state index in [0.717, 1.165) is 55.1 Å². The maximum Gasteiger partial charge on any atom is 0.208 e. The summed E-state index contributed by atoms with van der Waals surface area (Å²) in [6.07, 6.45) is 2.87. The summed E-state index contributed by atoms with van der Waals surface area (Å²) in [5.74, 6) is 1.90. The van der Waals surface area contributed by atoms with Gasteiger partial charge in [0.1, 0.15) is 11.5 Å². The average molecular weight is 364 g/mol. The van der Waals surface area contributed by atoms with E-state index in [2.05, 4.69) is 48.5 Å². The summed E-state index contributed by atoms with van der Waals surface area (Å²) in [5.41, 5.74) is 3.08. The van der Waals surface area contributed by atoms with Crippen LogP contribution >= 0.6 is 0 Å². The van der Waals surface area contributed by atoms with E-state index in [0.29, 0.717) is 0 Å². The molecule has 0 aliphatic carbocycles. The summed E-state index contributed by atoms with van der Waals surface area (Å²) in [4.78, 5) is 1.56. The molecule has 1 N–H and O–H groups in total. The molecule has 1 spiro atoms. The smallest absolute Gasteiger partial charge is 0.208 e. The van der Waals surface area contributed by atoms with Crippen LogP contribution in [-0.2, 0) is 0 Å². The van der Waals surface area contributed by atoms with Crippen LogP contribution in [0.25, 0.3) is 0 Å². The Bertz CT molecular complexity index is 887. The van der Waals surface area contributed by atoms with E-state index < -0.39 is 0 Å². The van der Waals surface area contributed by atoms with Crippen LogP contribution in [0.3, 0.4) is 0 Å². The number of likely N-dealkylation sites (tertiary alicyclic amines) is 1. The highest BCUT2D eigenvalue weighted by Crippen LogP contribution is 2.49. The number of benzene rings is 2. The number of nitrogens with zero attached hydrogens (tertiary/aromatic N) is 2. The first kappa shape index (κ1) is 16.6. The molecule has 0 amide bonds. The third-order valence-corrected chi connectivity index (χ3v) is 6.21. The molecule has 0 saturated carbocycles. The number of piperidine rings is 1. The van der Waals surface area contributed by atoms with Crippen LogP contribution in [0.5, 0.6) is 11.5 Å². The molecule has 1 atom stereocenters. The molecule has 3 heterocycles. The third kappa shape index (κ3) is 2.60. The van der Waals surface area contributed by atoms with Crippen molar-refractivity contribution in [3.63, 3.8) is 0 Å². The number of para-hydroxylation sites is 2. The zero-order valence-corrected chi connectivity index (χ0v) is 15.9. The van der Waals surface area contributed by atoms with E-state index in [-0.39, 0.29) is 11.8 Å². The molecule has 5 rings (SSSR count). The normalized spacial score (nSPS) is 29.0. The largest absolute Gasteiger partial charge is 0.496 e. The van der Waals surface area contributed by atoms with Crippen LogP contribution in [0, 0.1) is 0 Å². The Labute approximate surface area is 160 Å². The van der Waals surface area contributed by atoms with Gasteiger partial charge in [-0.1, -0.05) is 30.3 Å². The highest BCUT2D eigenvalue weighted by molar-refractivity contribution is 6.04. The molecule has 140 valence electrons. The molecule has 2 aromatic carbocycles. The fourth-order valence-electron chi connectivity index (χ4n) is 4.67. The maximum atomic E-state index is 6.64. The van der Waals surface area contributed by atoms with E-state index in [9.17, 15) is 0 Å². The Morgan fingerprint density at radius 1 is 1.11 bits per heavy atom. The van der Waals surface area contributed by atoms with Crippen LogP contribution < -0.4 is 14.4 Å². The second kappa shape index (κ2) is 6.27. The number of hydrogen-bond donors (Lipinski definition) is 1. The van der Waals surface area contributed by atoms with Gasteiger partial charge in [-0.25, -0.2) is 5.01 Å². The number of nitrogens with one attached hydrogen (secondary N) is 1. The van der Waals surface area contributed by atoms with Crippen LogP contribution in [0.15, 0.2) is 53.6 Å². The molecular formula is C22H26N3O2+. The first-order chi connectivity index (χ1) is 13.2. The maximum absolute atomic E-state index is 6.64. The molecule has 2 aromatic rings. The Kier molecular flexibility index (Phi) is 3.86. The quantitative estimate of drug-likeness (QED) is 0.888. The van der Waals surface area contributed by atoms with Crippen molar-refractivity contribution in [3.8, 4) is 11.5 Å². The lowest BCUT2D eigenvalue weighted by molar-refractivity contribution is -0.888. The first-order valence-corrected chi connectivity index (χ1v) is 9.80. The number of ether oxygens (including phenoxy) is 2. The predicted octanol–water partition coefficient (Wildman–Crippen LogP) is 2.24. The lowest BCUT2D eigenvalue weighted by Gasteiger charge is -2.49. The topological polar surface area (TPSA) is 38.5 Å². The van der Waals surface area contributed by atoms with Gasteiger partial charge in [0, 0.05) is 17.5 Å².